The van der Waals surface area contributed by atoms with Gasteiger partial charge >= 0.3 is 0 Å². The average molecular weight is 345 g/mol. The Morgan fingerprint density at radius 2 is 2.04 bits per heavy atom. The molecule has 1 aliphatic carbocycles. The van der Waals surface area contributed by atoms with Crippen molar-refractivity contribution in [3.63, 3.8) is 0 Å². The minimum atomic E-state index is -0.0651. The van der Waals surface area contributed by atoms with Crippen LogP contribution in [0.4, 0.5) is 0 Å². The molecular formula is C19H31N5O. The van der Waals surface area contributed by atoms with Crippen molar-refractivity contribution < 1.29 is 4.79 Å². The highest BCUT2D eigenvalue weighted by Crippen LogP contribution is 2.45. The van der Waals surface area contributed by atoms with Crippen molar-refractivity contribution in [2.75, 3.05) is 26.2 Å². The predicted octanol–water partition coefficient (Wildman–Crippen LogP) is 2.11. The van der Waals surface area contributed by atoms with E-state index in [1.54, 1.807) is 0 Å². The van der Waals surface area contributed by atoms with E-state index in [1.165, 1.54) is 25.7 Å². The van der Waals surface area contributed by atoms with Crippen LogP contribution in [0, 0.1) is 18.8 Å². The summed E-state index contributed by atoms with van der Waals surface area (Å²) in [6.07, 6.45) is 6.49. The summed E-state index contributed by atoms with van der Waals surface area (Å²) in [6.45, 7) is 9.79. The van der Waals surface area contributed by atoms with Crippen molar-refractivity contribution in [2.45, 2.75) is 64.3 Å². The Hall–Kier alpha value is -1.43. The van der Waals surface area contributed by atoms with Crippen LogP contribution >= 0.6 is 0 Å². The summed E-state index contributed by atoms with van der Waals surface area (Å²) >= 11 is 0. The van der Waals surface area contributed by atoms with E-state index in [2.05, 4.69) is 20.0 Å². The Labute approximate surface area is 150 Å². The van der Waals surface area contributed by atoms with E-state index in [-0.39, 0.29) is 17.2 Å². The van der Waals surface area contributed by atoms with Gasteiger partial charge in [0, 0.05) is 37.5 Å². The number of carbonyl (C=O) groups excluding carboxylic acids is 1. The Balaban J connectivity index is 1.61. The quantitative estimate of drug-likeness (QED) is 0.911. The van der Waals surface area contributed by atoms with E-state index < -0.39 is 0 Å². The lowest BCUT2D eigenvalue weighted by molar-refractivity contribution is -0.133. The number of aryl methyl sites for hydroxylation is 1. The molecule has 3 aliphatic rings. The molecule has 3 fully saturated rings. The summed E-state index contributed by atoms with van der Waals surface area (Å²) in [5.74, 6) is 2.57. The van der Waals surface area contributed by atoms with Crippen molar-refractivity contribution in [1.29, 1.82) is 0 Å². The van der Waals surface area contributed by atoms with Gasteiger partial charge in [0.15, 0.2) is 5.82 Å². The number of likely N-dealkylation sites (tertiary alicyclic amines) is 2. The minimum Gasteiger partial charge on any atom is -0.341 e. The number of nitrogens with one attached hydrogen (secondary N) is 1. The molecule has 2 saturated heterocycles. The second kappa shape index (κ2) is 6.38. The number of amides is 1. The van der Waals surface area contributed by atoms with Crippen molar-refractivity contribution in [2.24, 2.45) is 11.8 Å². The first-order valence-electron chi connectivity index (χ1n) is 9.92. The van der Waals surface area contributed by atoms with Gasteiger partial charge in [-0.15, -0.1) is 0 Å². The summed E-state index contributed by atoms with van der Waals surface area (Å²) in [6, 6.07) is 0.752. The molecule has 3 heterocycles. The topological polar surface area (TPSA) is 65.1 Å². The highest BCUT2D eigenvalue weighted by molar-refractivity contribution is 5.78. The van der Waals surface area contributed by atoms with Gasteiger partial charge in [-0.3, -0.25) is 14.8 Å². The molecule has 0 spiro atoms. The third-order valence-corrected chi connectivity index (χ3v) is 6.68. The lowest BCUT2D eigenvalue weighted by atomic mass is 9.71. The smallest absolute Gasteiger partial charge is 0.225 e. The Morgan fingerprint density at radius 1 is 1.28 bits per heavy atom. The van der Waals surface area contributed by atoms with Crippen molar-refractivity contribution in [3.8, 4) is 0 Å². The van der Waals surface area contributed by atoms with Crippen LogP contribution in [0.5, 0.6) is 0 Å². The van der Waals surface area contributed by atoms with E-state index in [0.717, 1.165) is 50.3 Å². The van der Waals surface area contributed by atoms with Gasteiger partial charge in [0.1, 0.15) is 5.82 Å². The van der Waals surface area contributed by atoms with Crippen LogP contribution in [0.15, 0.2) is 0 Å². The highest BCUT2D eigenvalue weighted by Gasteiger charge is 2.54. The third kappa shape index (κ3) is 2.88. The number of piperidine rings is 1. The number of carbonyl (C=O) groups is 1. The average Bonchev–Trinajstić information content (AvgIpc) is 3.32. The number of aromatic nitrogens is 3. The van der Waals surface area contributed by atoms with Gasteiger partial charge in [0.2, 0.25) is 5.91 Å². The SMILES string of the molecule is Cc1nc([C@@]23CCN(C4CCCC4)C[C@@H]2CN(C(=O)C(C)C)C3)n[nH]1. The van der Waals surface area contributed by atoms with Gasteiger partial charge in [0.25, 0.3) is 0 Å². The summed E-state index contributed by atoms with van der Waals surface area (Å²) in [7, 11) is 0. The Bertz CT molecular complexity index is 636. The van der Waals surface area contributed by atoms with Crippen LogP contribution in [-0.2, 0) is 10.2 Å². The van der Waals surface area contributed by atoms with Crippen LogP contribution in [-0.4, -0.2) is 63.1 Å². The summed E-state index contributed by atoms with van der Waals surface area (Å²) in [5.41, 5.74) is -0.0651. The van der Waals surface area contributed by atoms with Crippen molar-refractivity contribution in [1.82, 2.24) is 25.0 Å². The van der Waals surface area contributed by atoms with Gasteiger partial charge in [-0.25, -0.2) is 4.98 Å². The van der Waals surface area contributed by atoms with Crippen molar-refractivity contribution in [3.05, 3.63) is 11.6 Å². The molecule has 138 valence electrons. The van der Waals surface area contributed by atoms with Gasteiger partial charge in [-0.1, -0.05) is 26.7 Å². The van der Waals surface area contributed by atoms with Crippen LogP contribution < -0.4 is 0 Å². The molecule has 1 aromatic rings. The molecule has 0 aromatic carbocycles. The zero-order chi connectivity index (χ0) is 17.6. The Kier molecular flexibility index (Phi) is 4.34. The fourth-order valence-corrected chi connectivity index (χ4v) is 5.27. The molecular weight excluding hydrogens is 314 g/mol. The summed E-state index contributed by atoms with van der Waals surface area (Å²) in [4.78, 5) is 22.2. The first kappa shape index (κ1) is 17.0. The van der Waals surface area contributed by atoms with Gasteiger partial charge in [-0.2, -0.15) is 5.10 Å². The molecule has 6 nitrogen and oxygen atoms in total. The summed E-state index contributed by atoms with van der Waals surface area (Å²) in [5, 5.41) is 7.57. The fourth-order valence-electron chi connectivity index (χ4n) is 5.27. The zero-order valence-corrected chi connectivity index (χ0v) is 15.8. The zero-order valence-electron chi connectivity index (χ0n) is 15.8. The summed E-state index contributed by atoms with van der Waals surface area (Å²) < 4.78 is 0. The third-order valence-electron chi connectivity index (χ3n) is 6.68. The molecule has 1 N–H and O–H groups in total. The maximum atomic E-state index is 12.7. The highest BCUT2D eigenvalue weighted by atomic mass is 16.2. The normalized spacial score (nSPS) is 31.0. The number of rotatable bonds is 3. The molecule has 25 heavy (non-hydrogen) atoms. The number of aromatic amines is 1. The number of fused-ring (bicyclic) bond motifs is 1. The number of hydrogen-bond donors (Lipinski definition) is 1. The number of H-pyrrole nitrogens is 1. The molecule has 1 aromatic heterocycles. The number of nitrogens with zero attached hydrogens (tertiary/aromatic N) is 4. The van der Waals surface area contributed by atoms with Gasteiger partial charge in [-0.05, 0) is 32.7 Å². The lowest BCUT2D eigenvalue weighted by Gasteiger charge is -2.44. The van der Waals surface area contributed by atoms with E-state index in [4.69, 9.17) is 4.98 Å². The monoisotopic (exact) mass is 345 g/mol. The van der Waals surface area contributed by atoms with E-state index >= 15 is 0 Å². The Morgan fingerprint density at radius 3 is 2.68 bits per heavy atom. The first-order valence-corrected chi connectivity index (χ1v) is 9.92. The standard InChI is InChI=1S/C19H31N5O/c1-13(2)17(25)24-11-15-10-23(16-6-4-5-7-16)9-8-19(15,12-24)18-20-14(3)21-22-18/h13,15-16H,4-12H2,1-3H3,(H,20,21,22)/t15-,19-/m1/s1. The molecule has 4 rings (SSSR count). The van der Waals surface area contributed by atoms with Crippen LogP contribution in [0.25, 0.3) is 0 Å². The maximum absolute atomic E-state index is 12.7. The van der Waals surface area contributed by atoms with E-state index in [1.807, 2.05) is 20.8 Å². The molecule has 1 amide bonds. The predicted molar refractivity (Wildman–Crippen MR) is 96.2 cm³/mol. The maximum Gasteiger partial charge on any atom is 0.225 e. The molecule has 0 bridgehead atoms. The minimum absolute atomic E-state index is 0.0528. The van der Waals surface area contributed by atoms with Gasteiger partial charge in [0.05, 0.1) is 5.41 Å². The molecule has 0 radical (unpaired) electrons. The van der Waals surface area contributed by atoms with Crippen LogP contribution in [0.3, 0.4) is 0 Å². The molecule has 0 unspecified atom stereocenters. The largest absolute Gasteiger partial charge is 0.341 e. The van der Waals surface area contributed by atoms with Crippen LogP contribution in [0.1, 0.15) is 57.6 Å². The van der Waals surface area contributed by atoms with E-state index in [0.29, 0.717) is 5.92 Å². The number of hydrogen-bond acceptors (Lipinski definition) is 4. The van der Waals surface area contributed by atoms with E-state index in [9.17, 15) is 4.79 Å². The van der Waals surface area contributed by atoms with Gasteiger partial charge < -0.3 is 4.90 Å². The molecule has 2 aliphatic heterocycles. The molecule has 1 saturated carbocycles. The molecule has 2 atom stereocenters. The molecule has 6 heteroatoms. The lowest BCUT2D eigenvalue weighted by Crippen LogP contribution is -2.52. The fraction of sp³-hybridized carbons (Fsp3) is 0.842. The van der Waals surface area contributed by atoms with Crippen molar-refractivity contribution >= 4 is 5.91 Å². The van der Waals surface area contributed by atoms with Crippen LogP contribution in [0.2, 0.25) is 0 Å². The second-order valence-corrected chi connectivity index (χ2v) is 8.65. The first-order chi connectivity index (χ1) is 12.0. The second-order valence-electron chi connectivity index (χ2n) is 8.65.